The summed E-state index contributed by atoms with van der Waals surface area (Å²) in [5.41, 5.74) is -0.207. The fourth-order valence-electron chi connectivity index (χ4n) is 6.59. The Morgan fingerprint density at radius 3 is 2.46 bits per heavy atom. The Labute approximate surface area is 154 Å². The van der Waals surface area contributed by atoms with Gasteiger partial charge in [-0.2, -0.15) is 0 Å². The van der Waals surface area contributed by atoms with Gasteiger partial charge in [-0.3, -0.25) is 4.90 Å². The number of alkyl carbamates (subject to hydrolysis) is 1. The molecule has 3 spiro atoms. The Bertz CT molecular complexity index is 641. The van der Waals surface area contributed by atoms with E-state index in [2.05, 4.69) is 17.1 Å². The molecule has 26 heavy (non-hydrogen) atoms. The molecule has 3 atom stereocenters. The van der Waals surface area contributed by atoms with E-state index < -0.39 is 6.09 Å². The zero-order valence-corrected chi connectivity index (χ0v) is 15.5. The summed E-state index contributed by atoms with van der Waals surface area (Å²) in [4.78, 5) is 27.3. The molecule has 2 saturated carbocycles. The van der Waals surface area contributed by atoms with Crippen molar-refractivity contribution >= 4 is 12.2 Å². The Hall–Kier alpha value is -1.50. The SMILES string of the molecule is CC1C(N2CCC3(CC2)OC(=O)NC32CCC2)CC12CCN(C(=O)O)C2. The molecule has 7 nitrogen and oxygen atoms in total. The standard InChI is InChI=1S/C19H29N3O4/c1-13-14(11-17(13)5-8-22(12-17)16(24)25)21-9-6-19(7-10-21)18(3-2-4-18)20-15(23)26-19/h13-14H,2-12H2,1H3,(H,20,23)(H,24,25). The number of carbonyl (C=O) groups is 2. The van der Waals surface area contributed by atoms with E-state index in [1.807, 2.05) is 0 Å². The zero-order chi connectivity index (χ0) is 18.2. The molecule has 2 aliphatic carbocycles. The molecule has 5 aliphatic rings. The molecule has 0 aromatic rings. The molecule has 2 amide bonds. The van der Waals surface area contributed by atoms with Crippen molar-refractivity contribution in [2.75, 3.05) is 26.2 Å². The molecule has 2 N–H and O–H groups in total. The number of nitrogens with zero attached hydrogens (tertiary/aromatic N) is 2. The van der Waals surface area contributed by atoms with Gasteiger partial charge in [0.1, 0.15) is 5.60 Å². The number of hydrogen-bond acceptors (Lipinski definition) is 4. The molecular weight excluding hydrogens is 334 g/mol. The van der Waals surface area contributed by atoms with Crippen molar-refractivity contribution in [2.45, 2.75) is 69.1 Å². The summed E-state index contributed by atoms with van der Waals surface area (Å²) >= 11 is 0. The van der Waals surface area contributed by atoms with E-state index in [1.54, 1.807) is 4.90 Å². The van der Waals surface area contributed by atoms with Crippen LogP contribution in [0, 0.1) is 11.3 Å². The molecule has 3 heterocycles. The normalized spacial score (nSPS) is 40.3. The van der Waals surface area contributed by atoms with Gasteiger partial charge in [0.2, 0.25) is 0 Å². The monoisotopic (exact) mass is 363 g/mol. The number of carbonyl (C=O) groups excluding carboxylic acids is 1. The van der Waals surface area contributed by atoms with E-state index in [4.69, 9.17) is 4.74 Å². The van der Waals surface area contributed by atoms with E-state index in [1.165, 1.54) is 6.42 Å². The number of piperidine rings is 1. The Morgan fingerprint density at radius 2 is 1.92 bits per heavy atom. The van der Waals surface area contributed by atoms with E-state index in [0.29, 0.717) is 25.0 Å². The van der Waals surface area contributed by atoms with Crippen molar-refractivity contribution in [3.05, 3.63) is 0 Å². The first-order valence-electron chi connectivity index (χ1n) is 10.1. The van der Waals surface area contributed by atoms with E-state index in [0.717, 1.165) is 51.6 Å². The van der Waals surface area contributed by atoms with Gasteiger partial charge in [-0.1, -0.05) is 6.92 Å². The summed E-state index contributed by atoms with van der Waals surface area (Å²) in [5, 5.41) is 12.4. The average Bonchev–Trinajstić information content (AvgIpc) is 3.15. The number of rotatable bonds is 1. The van der Waals surface area contributed by atoms with Crippen LogP contribution in [0.3, 0.4) is 0 Å². The largest absolute Gasteiger partial charge is 0.465 e. The van der Waals surface area contributed by atoms with Gasteiger partial charge in [-0.15, -0.1) is 0 Å². The van der Waals surface area contributed by atoms with Crippen LogP contribution in [0.15, 0.2) is 0 Å². The predicted molar refractivity (Wildman–Crippen MR) is 94.0 cm³/mol. The highest BCUT2D eigenvalue weighted by Crippen LogP contribution is 2.56. The van der Waals surface area contributed by atoms with Crippen LogP contribution in [0.5, 0.6) is 0 Å². The molecule has 3 unspecified atom stereocenters. The number of fused-ring (bicyclic) bond motifs is 1. The van der Waals surface area contributed by atoms with Crippen LogP contribution in [0.4, 0.5) is 9.59 Å². The van der Waals surface area contributed by atoms with Gasteiger partial charge in [-0.25, -0.2) is 9.59 Å². The minimum atomic E-state index is -0.779. The maximum absolute atomic E-state index is 11.9. The Kier molecular flexibility index (Phi) is 3.38. The summed E-state index contributed by atoms with van der Waals surface area (Å²) in [6.07, 6.45) is 6.21. The third kappa shape index (κ3) is 2.03. The van der Waals surface area contributed by atoms with E-state index >= 15 is 0 Å². The van der Waals surface area contributed by atoms with Gasteiger partial charge < -0.3 is 20.1 Å². The highest BCUT2D eigenvalue weighted by atomic mass is 16.6. The molecular formula is C19H29N3O4. The fourth-order valence-corrected chi connectivity index (χ4v) is 6.59. The summed E-state index contributed by atoms with van der Waals surface area (Å²) in [6.45, 7) is 5.63. The molecule has 3 aliphatic heterocycles. The Balaban J connectivity index is 1.22. The number of amides is 2. The van der Waals surface area contributed by atoms with Crippen molar-refractivity contribution in [3.8, 4) is 0 Å². The highest BCUT2D eigenvalue weighted by molar-refractivity contribution is 5.73. The number of ether oxygens (including phenoxy) is 1. The lowest BCUT2D eigenvalue weighted by Gasteiger charge is -2.59. The van der Waals surface area contributed by atoms with Gasteiger partial charge >= 0.3 is 12.2 Å². The third-order valence-electron chi connectivity index (χ3n) is 8.60. The molecule has 5 fully saturated rings. The number of carboxylic acid groups (broad SMARTS) is 1. The summed E-state index contributed by atoms with van der Waals surface area (Å²) in [7, 11) is 0. The first-order chi connectivity index (χ1) is 12.4. The molecule has 0 bridgehead atoms. The average molecular weight is 363 g/mol. The molecule has 0 aromatic heterocycles. The first-order valence-corrected chi connectivity index (χ1v) is 10.1. The van der Waals surface area contributed by atoms with Gasteiger partial charge in [0.05, 0.1) is 5.54 Å². The minimum Gasteiger partial charge on any atom is -0.465 e. The second-order valence-electron chi connectivity index (χ2n) is 9.36. The van der Waals surface area contributed by atoms with Crippen molar-refractivity contribution in [1.82, 2.24) is 15.1 Å². The van der Waals surface area contributed by atoms with Crippen LogP contribution < -0.4 is 5.32 Å². The van der Waals surface area contributed by atoms with Gasteiger partial charge in [0, 0.05) is 45.1 Å². The molecule has 5 rings (SSSR count). The van der Waals surface area contributed by atoms with E-state index in [-0.39, 0.29) is 22.6 Å². The Morgan fingerprint density at radius 1 is 1.19 bits per heavy atom. The van der Waals surface area contributed by atoms with E-state index in [9.17, 15) is 14.7 Å². The molecule has 0 aromatic carbocycles. The van der Waals surface area contributed by atoms with Crippen molar-refractivity contribution in [3.63, 3.8) is 0 Å². The topological polar surface area (TPSA) is 82.1 Å². The van der Waals surface area contributed by atoms with Gasteiger partial charge in [0.25, 0.3) is 0 Å². The highest BCUT2D eigenvalue weighted by Gasteiger charge is 2.64. The van der Waals surface area contributed by atoms with Crippen LogP contribution in [-0.4, -0.2) is 70.5 Å². The van der Waals surface area contributed by atoms with Crippen LogP contribution in [-0.2, 0) is 4.74 Å². The lowest BCUT2D eigenvalue weighted by molar-refractivity contribution is -0.116. The second-order valence-corrected chi connectivity index (χ2v) is 9.36. The van der Waals surface area contributed by atoms with Crippen LogP contribution in [0.1, 0.15) is 51.9 Å². The van der Waals surface area contributed by atoms with Crippen molar-refractivity contribution < 1.29 is 19.4 Å². The number of likely N-dealkylation sites (tertiary alicyclic amines) is 2. The van der Waals surface area contributed by atoms with Crippen molar-refractivity contribution in [2.24, 2.45) is 11.3 Å². The second kappa shape index (κ2) is 5.27. The zero-order valence-electron chi connectivity index (χ0n) is 15.5. The van der Waals surface area contributed by atoms with Crippen LogP contribution in [0.25, 0.3) is 0 Å². The van der Waals surface area contributed by atoms with Crippen LogP contribution >= 0.6 is 0 Å². The molecule has 0 radical (unpaired) electrons. The number of hydrogen-bond donors (Lipinski definition) is 2. The van der Waals surface area contributed by atoms with Crippen molar-refractivity contribution in [1.29, 1.82) is 0 Å². The molecule has 144 valence electrons. The smallest absolute Gasteiger partial charge is 0.408 e. The summed E-state index contributed by atoms with van der Waals surface area (Å²) < 4.78 is 5.84. The summed E-state index contributed by atoms with van der Waals surface area (Å²) in [5.74, 6) is 0.530. The third-order valence-corrected chi connectivity index (χ3v) is 8.60. The maximum atomic E-state index is 11.9. The molecule has 7 heteroatoms. The first kappa shape index (κ1) is 16.7. The minimum absolute atomic E-state index is 0.101. The van der Waals surface area contributed by atoms with Gasteiger partial charge in [0.15, 0.2) is 0 Å². The van der Waals surface area contributed by atoms with Crippen LogP contribution in [0.2, 0.25) is 0 Å². The summed E-state index contributed by atoms with van der Waals surface area (Å²) in [6, 6.07) is 0.545. The molecule has 3 saturated heterocycles. The maximum Gasteiger partial charge on any atom is 0.408 e. The lowest BCUT2D eigenvalue weighted by Crippen LogP contribution is -2.67. The fraction of sp³-hybridized carbons (Fsp3) is 0.895. The number of nitrogens with one attached hydrogen (secondary N) is 1. The quantitative estimate of drug-likeness (QED) is 0.747. The lowest BCUT2D eigenvalue weighted by atomic mass is 9.56. The van der Waals surface area contributed by atoms with Gasteiger partial charge in [-0.05, 0) is 43.4 Å². The predicted octanol–water partition coefficient (Wildman–Crippen LogP) is 2.26.